The molecule has 0 unspecified atom stereocenters. The Hall–Kier alpha value is -1.61. The van der Waals surface area contributed by atoms with Gasteiger partial charge in [-0.1, -0.05) is 17.7 Å². The van der Waals surface area contributed by atoms with Gasteiger partial charge in [-0.25, -0.2) is 21.6 Å². The van der Waals surface area contributed by atoms with Gasteiger partial charge in [-0.15, -0.1) is 0 Å². The SMILES string of the molecule is CNS(=O)(=O)c1cccc(S(=O)(=O)Nc2ccc(Cl)cc2C)c1. The zero-order valence-corrected chi connectivity index (χ0v) is 14.8. The number of benzene rings is 2. The van der Waals surface area contributed by atoms with Crippen molar-refractivity contribution in [3.63, 3.8) is 0 Å². The van der Waals surface area contributed by atoms with E-state index in [9.17, 15) is 16.8 Å². The summed E-state index contributed by atoms with van der Waals surface area (Å²) in [6.07, 6.45) is 0. The van der Waals surface area contributed by atoms with Crippen molar-refractivity contribution >= 4 is 37.3 Å². The lowest BCUT2D eigenvalue weighted by atomic mass is 10.2. The molecule has 0 aliphatic heterocycles. The monoisotopic (exact) mass is 374 g/mol. The molecule has 0 spiro atoms. The molecule has 0 fully saturated rings. The molecular weight excluding hydrogens is 360 g/mol. The first kappa shape index (κ1) is 17.7. The first-order chi connectivity index (χ1) is 10.7. The van der Waals surface area contributed by atoms with Crippen molar-refractivity contribution in [1.82, 2.24) is 4.72 Å². The van der Waals surface area contributed by atoms with E-state index in [1.807, 2.05) is 0 Å². The maximum absolute atomic E-state index is 12.4. The Morgan fingerprint density at radius 1 is 0.913 bits per heavy atom. The van der Waals surface area contributed by atoms with Gasteiger partial charge in [0, 0.05) is 5.02 Å². The Labute approximate surface area is 140 Å². The van der Waals surface area contributed by atoms with Crippen LogP contribution in [0, 0.1) is 6.92 Å². The second-order valence-electron chi connectivity index (χ2n) is 4.75. The lowest BCUT2D eigenvalue weighted by Gasteiger charge is -2.11. The maximum Gasteiger partial charge on any atom is 0.261 e. The van der Waals surface area contributed by atoms with E-state index < -0.39 is 20.0 Å². The van der Waals surface area contributed by atoms with Crippen LogP contribution in [0.2, 0.25) is 5.02 Å². The summed E-state index contributed by atoms with van der Waals surface area (Å²) in [5.74, 6) is 0. The highest BCUT2D eigenvalue weighted by Crippen LogP contribution is 2.23. The highest BCUT2D eigenvalue weighted by Gasteiger charge is 2.19. The fourth-order valence-electron chi connectivity index (χ4n) is 1.87. The summed E-state index contributed by atoms with van der Waals surface area (Å²) in [5, 5.41) is 0.493. The van der Waals surface area contributed by atoms with E-state index in [4.69, 9.17) is 11.6 Å². The average molecular weight is 375 g/mol. The number of hydrogen-bond acceptors (Lipinski definition) is 4. The molecule has 23 heavy (non-hydrogen) atoms. The number of halogens is 1. The Kier molecular flexibility index (Phi) is 5.00. The van der Waals surface area contributed by atoms with Gasteiger partial charge in [0.1, 0.15) is 0 Å². The third kappa shape index (κ3) is 4.03. The van der Waals surface area contributed by atoms with Crippen molar-refractivity contribution in [2.24, 2.45) is 0 Å². The van der Waals surface area contributed by atoms with E-state index in [0.29, 0.717) is 16.3 Å². The van der Waals surface area contributed by atoms with Gasteiger partial charge >= 0.3 is 0 Å². The summed E-state index contributed by atoms with van der Waals surface area (Å²) in [7, 11) is -6.40. The number of hydrogen-bond donors (Lipinski definition) is 2. The van der Waals surface area contributed by atoms with Crippen LogP contribution in [0.5, 0.6) is 0 Å². The Balaban J connectivity index is 2.42. The molecule has 0 aliphatic rings. The highest BCUT2D eigenvalue weighted by atomic mass is 35.5. The number of anilines is 1. The maximum atomic E-state index is 12.4. The molecular formula is C14H15ClN2O4S2. The third-order valence-electron chi connectivity index (χ3n) is 3.13. The predicted molar refractivity (Wildman–Crippen MR) is 89.7 cm³/mol. The van der Waals surface area contributed by atoms with Crippen molar-refractivity contribution in [2.45, 2.75) is 16.7 Å². The van der Waals surface area contributed by atoms with E-state index in [1.165, 1.54) is 25.2 Å². The lowest BCUT2D eigenvalue weighted by molar-refractivity contribution is 0.588. The van der Waals surface area contributed by atoms with Crippen LogP contribution in [0.4, 0.5) is 5.69 Å². The normalized spacial score (nSPS) is 12.1. The molecule has 2 rings (SSSR count). The first-order valence-corrected chi connectivity index (χ1v) is 9.83. The van der Waals surface area contributed by atoms with Crippen LogP contribution in [-0.4, -0.2) is 23.9 Å². The Morgan fingerprint density at radius 3 is 2.09 bits per heavy atom. The lowest BCUT2D eigenvalue weighted by Crippen LogP contribution is -2.19. The molecule has 0 atom stereocenters. The van der Waals surface area contributed by atoms with Crippen molar-refractivity contribution in [2.75, 3.05) is 11.8 Å². The van der Waals surface area contributed by atoms with Gasteiger partial charge in [0.15, 0.2) is 0 Å². The number of rotatable bonds is 5. The van der Waals surface area contributed by atoms with E-state index in [2.05, 4.69) is 9.44 Å². The molecule has 0 saturated carbocycles. The van der Waals surface area contributed by atoms with Gasteiger partial charge in [-0.2, -0.15) is 0 Å². The summed E-state index contributed by atoms with van der Waals surface area (Å²) < 4.78 is 53.0. The van der Waals surface area contributed by atoms with E-state index >= 15 is 0 Å². The Bertz CT molecular complexity index is 941. The first-order valence-electron chi connectivity index (χ1n) is 6.48. The molecule has 2 aromatic carbocycles. The standard InChI is InChI=1S/C14H15ClN2O4S2/c1-10-8-11(15)6-7-14(10)17-23(20,21)13-5-3-4-12(9-13)22(18,19)16-2/h3-9,16-17H,1-2H3. The number of nitrogens with one attached hydrogen (secondary N) is 2. The third-order valence-corrected chi connectivity index (χ3v) is 6.14. The van der Waals surface area contributed by atoms with Crippen LogP contribution in [0.15, 0.2) is 52.3 Å². The fraction of sp³-hybridized carbons (Fsp3) is 0.143. The van der Waals surface area contributed by atoms with Gasteiger partial charge in [0.05, 0.1) is 15.5 Å². The van der Waals surface area contributed by atoms with Crippen LogP contribution < -0.4 is 9.44 Å². The molecule has 2 aromatic rings. The van der Waals surface area contributed by atoms with E-state index in [-0.39, 0.29) is 9.79 Å². The van der Waals surface area contributed by atoms with Crippen molar-refractivity contribution in [3.05, 3.63) is 53.1 Å². The average Bonchev–Trinajstić information content (AvgIpc) is 2.50. The van der Waals surface area contributed by atoms with Gasteiger partial charge < -0.3 is 0 Å². The summed E-state index contributed by atoms with van der Waals surface area (Å²) in [6, 6.07) is 9.84. The second kappa shape index (κ2) is 6.48. The zero-order chi connectivity index (χ0) is 17.3. The van der Waals surface area contributed by atoms with E-state index in [1.54, 1.807) is 25.1 Å². The smallest absolute Gasteiger partial charge is 0.261 e. The van der Waals surface area contributed by atoms with Crippen LogP contribution >= 0.6 is 11.6 Å². The van der Waals surface area contributed by atoms with Gasteiger partial charge in [0.25, 0.3) is 10.0 Å². The molecule has 9 heteroatoms. The minimum atomic E-state index is -3.92. The minimum Gasteiger partial charge on any atom is -0.279 e. The molecule has 6 nitrogen and oxygen atoms in total. The quantitative estimate of drug-likeness (QED) is 0.840. The molecule has 0 amide bonds. The van der Waals surface area contributed by atoms with Gasteiger partial charge in [-0.05, 0) is 55.9 Å². The molecule has 124 valence electrons. The molecule has 0 radical (unpaired) electrons. The molecule has 0 saturated heterocycles. The van der Waals surface area contributed by atoms with Crippen LogP contribution in [-0.2, 0) is 20.0 Å². The minimum absolute atomic E-state index is 0.129. The number of sulfonamides is 2. The van der Waals surface area contributed by atoms with Crippen molar-refractivity contribution < 1.29 is 16.8 Å². The number of aryl methyl sites for hydroxylation is 1. The fourth-order valence-corrected chi connectivity index (χ4v) is 4.12. The Morgan fingerprint density at radius 2 is 1.52 bits per heavy atom. The van der Waals surface area contributed by atoms with Crippen LogP contribution in [0.25, 0.3) is 0 Å². The molecule has 0 aromatic heterocycles. The summed E-state index contributed by atoms with van der Waals surface area (Å²) in [4.78, 5) is -0.279. The van der Waals surface area contributed by atoms with E-state index in [0.717, 1.165) is 6.07 Å². The molecule has 0 heterocycles. The summed E-state index contributed by atoms with van der Waals surface area (Å²) >= 11 is 5.84. The zero-order valence-electron chi connectivity index (χ0n) is 12.4. The van der Waals surface area contributed by atoms with Gasteiger partial charge in [-0.3, -0.25) is 4.72 Å². The van der Waals surface area contributed by atoms with Crippen LogP contribution in [0.1, 0.15) is 5.56 Å². The largest absolute Gasteiger partial charge is 0.279 e. The second-order valence-corrected chi connectivity index (χ2v) is 8.75. The van der Waals surface area contributed by atoms with Crippen molar-refractivity contribution in [3.8, 4) is 0 Å². The predicted octanol–water partition coefficient (Wildman–Crippen LogP) is 2.36. The molecule has 0 bridgehead atoms. The summed E-state index contributed by atoms with van der Waals surface area (Å²) in [6.45, 7) is 1.71. The van der Waals surface area contributed by atoms with Crippen LogP contribution in [0.3, 0.4) is 0 Å². The van der Waals surface area contributed by atoms with Crippen molar-refractivity contribution in [1.29, 1.82) is 0 Å². The molecule has 2 N–H and O–H groups in total. The summed E-state index contributed by atoms with van der Waals surface area (Å²) in [5.41, 5.74) is 1.02. The topological polar surface area (TPSA) is 92.3 Å². The highest BCUT2D eigenvalue weighted by molar-refractivity contribution is 7.93. The molecule has 0 aliphatic carbocycles. The van der Waals surface area contributed by atoms with Gasteiger partial charge in [0.2, 0.25) is 10.0 Å².